The summed E-state index contributed by atoms with van der Waals surface area (Å²) < 4.78 is 38.5. The zero-order valence-electron chi connectivity index (χ0n) is 14.9. The van der Waals surface area contributed by atoms with Crippen molar-refractivity contribution >= 4 is 18.8 Å². The van der Waals surface area contributed by atoms with Gasteiger partial charge in [0, 0.05) is 5.56 Å². The molecule has 0 aliphatic rings. The zero-order valence-corrected chi connectivity index (χ0v) is 15.9. The van der Waals surface area contributed by atoms with Gasteiger partial charge < -0.3 is 0 Å². The predicted octanol–water partition coefficient (Wildman–Crippen LogP) is 6.75. The van der Waals surface area contributed by atoms with E-state index in [0.29, 0.717) is 0 Å². The van der Waals surface area contributed by atoms with Crippen molar-refractivity contribution in [1.82, 2.24) is 0 Å². The number of alkyl halides is 3. The Morgan fingerprint density at radius 1 is 0.808 bits per heavy atom. The third-order valence-electron chi connectivity index (χ3n) is 4.01. The highest BCUT2D eigenvalue weighted by Gasteiger charge is 2.30. The summed E-state index contributed by atoms with van der Waals surface area (Å²) in [5.41, 5.74) is 5.23. The topological polar surface area (TPSA) is 0 Å². The van der Waals surface area contributed by atoms with Gasteiger partial charge in [-0.25, -0.2) is 0 Å². The van der Waals surface area contributed by atoms with E-state index >= 15 is 0 Å². The van der Waals surface area contributed by atoms with Crippen LogP contribution in [0.5, 0.6) is 0 Å². The van der Waals surface area contributed by atoms with Crippen molar-refractivity contribution in [3.05, 3.63) is 71.8 Å². The highest BCUT2D eigenvalue weighted by atomic mass is 28.3. The molecule has 0 N–H and O–H groups in total. The summed E-state index contributed by atoms with van der Waals surface area (Å²) in [5.74, 6) is 3.33. The van der Waals surface area contributed by atoms with Crippen LogP contribution in [-0.2, 0) is 6.18 Å². The van der Waals surface area contributed by atoms with E-state index in [4.69, 9.17) is 0 Å². The van der Waals surface area contributed by atoms with E-state index in [1.807, 2.05) is 36.4 Å². The highest BCUT2D eigenvalue weighted by Crippen LogP contribution is 2.33. The Labute approximate surface area is 152 Å². The first-order chi connectivity index (χ1) is 12.1. The number of fused-ring (bicyclic) bond motifs is 1. The fourth-order valence-corrected chi connectivity index (χ4v) is 3.24. The predicted molar refractivity (Wildman–Crippen MR) is 105 cm³/mol. The van der Waals surface area contributed by atoms with Gasteiger partial charge in [0.05, 0.1) is 5.56 Å². The molecule has 0 saturated carbocycles. The van der Waals surface area contributed by atoms with Gasteiger partial charge in [0.1, 0.15) is 8.07 Å². The number of rotatable bonds is 1. The minimum absolute atomic E-state index is 0.642. The van der Waals surface area contributed by atoms with E-state index in [1.165, 1.54) is 12.1 Å². The van der Waals surface area contributed by atoms with Crippen LogP contribution in [0.4, 0.5) is 13.2 Å². The lowest BCUT2D eigenvalue weighted by Crippen LogP contribution is -2.16. The zero-order chi connectivity index (χ0) is 18.9. The van der Waals surface area contributed by atoms with Crippen molar-refractivity contribution in [1.29, 1.82) is 0 Å². The molecule has 0 saturated heterocycles. The minimum atomic E-state index is -4.33. The summed E-state index contributed by atoms with van der Waals surface area (Å²) in [6.07, 6.45) is -4.33. The maximum absolute atomic E-state index is 12.8. The quantitative estimate of drug-likeness (QED) is 0.329. The molecular weight excluding hydrogens is 349 g/mol. The Morgan fingerprint density at radius 3 is 2.08 bits per heavy atom. The molecule has 0 unspecified atom stereocenters. The van der Waals surface area contributed by atoms with Gasteiger partial charge in [-0.3, -0.25) is 0 Å². The Morgan fingerprint density at radius 2 is 1.46 bits per heavy atom. The molecule has 132 valence electrons. The van der Waals surface area contributed by atoms with Crippen molar-refractivity contribution in [2.24, 2.45) is 0 Å². The van der Waals surface area contributed by atoms with Crippen molar-refractivity contribution in [3.8, 4) is 22.6 Å². The summed E-state index contributed by atoms with van der Waals surface area (Å²) in [6.45, 7) is 6.51. The molecule has 0 nitrogen and oxygen atoms in total. The van der Waals surface area contributed by atoms with Crippen LogP contribution in [0.2, 0.25) is 19.6 Å². The van der Waals surface area contributed by atoms with Gasteiger partial charge in [0.2, 0.25) is 0 Å². The fourth-order valence-electron chi connectivity index (χ4n) is 2.74. The molecule has 4 heteroatoms. The van der Waals surface area contributed by atoms with E-state index in [1.54, 1.807) is 0 Å². The van der Waals surface area contributed by atoms with Gasteiger partial charge in [0.15, 0.2) is 0 Å². The first-order valence-corrected chi connectivity index (χ1v) is 11.9. The summed E-state index contributed by atoms with van der Waals surface area (Å²) in [6, 6.07) is 17.2. The van der Waals surface area contributed by atoms with Crippen molar-refractivity contribution in [2.75, 3.05) is 0 Å². The number of hydrogen-bond donors (Lipinski definition) is 0. The molecule has 3 rings (SSSR count). The highest BCUT2D eigenvalue weighted by molar-refractivity contribution is 6.83. The Kier molecular flexibility index (Phi) is 4.68. The summed E-state index contributed by atoms with van der Waals surface area (Å²) >= 11 is 0. The lowest BCUT2D eigenvalue weighted by atomic mass is 9.94. The molecule has 0 spiro atoms. The Balaban J connectivity index is 2.20. The summed E-state index contributed by atoms with van der Waals surface area (Å²) in [4.78, 5) is 0. The van der Waals surface area contributed by atoms with Crippen molar-refractivity contribution in [2.45, 2.75) is 25.8 Å². The first kappa shape index (κ1) is 18.3. The Bertz CT molecular complexity index is 998. The van der Waals surface area contributed by atoms with Gasteiger partial charge in [-0.05, 0) is 34.0 Å². The average molecular weight is 368 g/mol. The van der Waals surface area contributed by atoms with Crippen LogP contribution < -0.4 is 0 Å². The molecule has 0 heterocycles. The molecule has 0 aliphatic carbocycles. The molecule has 3 aromatic carbocycles. The van der Waals surface area contributed by atoms with Gasteiger partial charge >= 0.3 is 6.18 Å². The van der Waals surface area contributed by atoms with Crippen LogP contribution in [0.1, 0.15) is 11.1 Å². The van der Waals surface area contributed by atoms with Crippen LogP contribution in [0.3, 0.4) is 0 Å². The molecule has 0 radical (unpaired) electrons. The first-order valence-electron chi connectivity index (χ1n) is 8.38. The summed E-state index contributed by atoms with van der Waals surface area (Å²) in [7, 11) is -1.59. The second kappa shape index (κ2) is 6.66. The second-order valence-electron chi connectivity index (χ2n) is 7.28. The number of benzene rings is 3. The maximum Gasteiger partial charge on any atom is 0.416 e. The van der Waals surface area contributed by atoms with Crippen LogP contribution in [0.15, 0.2) is 60.7 Å². The monoisotopic (exact) mass is 368 g/mol. The van der Waals surface area contributed by atoms with Gasteiger partial charge in [-0.1, -0.05) is 74.1 Å². The minimum Gasteiger partial charge on any atom is -0.166 e. The standard InChI is InChI=1S/C22H19F3Si/c1-26(2,3)15-14-21-19-7-5-4-6-16(19)10-13-20(21)17-8-11-18(12-9-17)22(23,24)25/h4-13H,1-3H3. The van der Waals surface area contributed by atoms with E-state index in [-0.39, 0.29) is 0 Å². The molecule has 0 fully saturated rings. The number of halogens is 3. The second-order valence-corrected chi connectivity index (χ2v) is 12.0. The molecule has 0 bridgehead atoms. The van der Waals surface area contributed by atoms with Gasteiger partial charge in [-0.2, -0.15) is 13.2 Å². The van der Waals surface area contributed by atoms with Crippen molar-refractivity contribution < 1.29 is 13.2 Å². The molecule has 0 amide bonds. The van der Waals surface area contributed by atoms with Crippen LogP contribution in [-0.4, -0.2) is 8.07 Å². The average Bonchev–Trinajstić information content (AvgIpc) is 2.58. The summed E-state index contributed by atoms with van der Waals surface area (Å²) in [5, 5.41) is 2.10. The Hall–Kier alpha value is -2.51. The maximum atomic E-state index is 12.8. The SMILES string of the molecule is C[Si](C)(C)C#Cc1c(-c2ccc(C(F)(F)F)cc2)ccc2ccccc12. The molecule has 0 atom stereocenters. The van der Waals surface area contributed by atoms with E-state index in [0.717, 1.165) is 39.6 Å². The van der Waals surface area contributed by atoms with Crippen LogP contribution in [0.25, 0.3) is 21.9 Å². The van der Waals surface area contributed by atoms with Crippen LogP contribution >= 0.6 is 0 Å². The molecule has 0 aromatic heterocycles. The lowest BCUT2D eigenvalue weighted by Gasteiger charge is -2.12. The third-order valence-corrected chi connectivity index (χ3v) is 4.89. The van der Waals surface area contributed by atoms with Crippen LogP contribution in [0, 0.1) is 11.5 Å². The van der Waals surface area contributed by atoms with Crippen molar-refractivity contribution in [3.63, 3.8) is 0 Å². The normalized spacial score (nSPS) is 11.9. The largest absolute Gasteiger partial charge is 0.416 e. The fraction of sp³-hybridized carbons (Fsp3) is 0.182. The lowest BCUT2D eigenvalue weighted by molar-refractivity contribution is -0.137. The van der Waals surface area contributed by atoms with E-state index in [9.17, 15) is 13.2 Å². The molecular formula is C22H19F3Si. The molecule has 26 heavy (non-hydrogen) atoms. The van der Waals surface area contributed by atoms with Gasteiger partial charge in [-0.15, -0.1) is 5.54 Å². The van der Waals surface area contributed by atoms with E-state index < -0.39 is 19.8 Å². The molecule has 3 aromatic rings. The molecule has 0 aliphatic heterocycles. The van der Waals surface area contributed by atoms with Gasteiger partial charge in [0.25, 0.3) is 0 Å². The van der Waals surface area contributed by atoms with E-state index in [2.05, 4.69) is 31.1 Å². The number of hydrogen-bond acceptors (Lipinski definition) is 0. The third kappa shape index (κ3) is 4.00. The smallest absolute Gasteiger partial charge is 0.166 e.